The summed E-state index contributed by atoms with van der Waals surface area (Å²) in [7, 11) is -3.78. The Labute approximate surface area is 219 Å². The molecule has 4 rings (SSSR count). The second kappa shape index (κ2) is 12.0. The third-order valence-electron chi connectivity index (χ3n) is 6.28. The Morgan fingerprint density at radius 2 is 1.70 bits per heavy atom. The number of carbonyl (C=O) groups excluding carboxylic acids is 1. The van der Waals surface area contributed by atoms with E-state index >= 15 is 0 Å². The molecule has 0 unspecified atom stereocenters. The van der Waals surface area contributed by atoms with Gasteiger partial charge in [-0.1, -0.05) is 76.5 Å². The highest BCUT2D eigenvalue weighted by molar-refractivity contribution is 7.99. The standard InChI is InChI=1S/C25H31N5O5S2/c1-2-3-4-5-6-7-8-9-10-11-14-26-24(33)20-21(22-29-37(34,35)16-15-30(22)28-20)36-25-19-17(23(32)27-25)12-13-18(19)31/h12-13,15-16,29H,2-11,14H2,1H3,(H,26,33). The number of hydrogen-bond donors (Lipinski definition) is 2. The maximum Gasteiger partial charge on any atom is 0.278 e. The summed E-state index contributed by atoms with van der Waals surface area (Å²) in [6.45, 7) is 2.67. The maximum atomic E-state index is 13.0. The van der Waals surface area contributed by atoms with E-state index in [2.05, 4.69) is 27.0 Å². The van der Waals surface area contributed by atoms with Crippen molar-refractivity contribution in [3.05, 3.63) is 54.2 Å². The zero-order chi connectivity index (χ0) is 26.4. The minimum absolute atomic E-state index is 0.0102. The summed E-state index contributed by atoms with van der Waals surface area (Å²) in [5.41, 5.74) is -0.919. The van der Waals surface area contributed by atoms with Gasteiger partial charge in [-0.25, -0.2) is 18.1 Å². The van der Waals surface area contributed by atoms with Crippen LogP contribution in [0.4, 0.5) is 5.82 Å². The normalized spacial score (nSPS) is 14.1. The highest BCUT2D eigenvalue weighted by Gasteiger charge is 2.29. The first-order valence-electron chi connectivity index (χ1n) is 12.7. The highest BCUT2D eigenvalue weighted by atomic mass is 32.2. The van der Waals surface area contributed by atoms with Crippen LogP contribution in [-0.4, -0.2) is 35.6 Å². The first-order valence-corrected chi connectivity index (χ1v) is 15.1. The molecule has 2 aliphatic heterocycles. The third kappa shape index (κ3) is 6.48. The van der Waals surface area contributed by atoms with E-state index in [1.807, 2.05) is 0 Å². The van der Waals surface area contributed by atoms with Crippen LogP contribution >= 0.6 is 11.8 Å². The second-order valence-electron chi connectivity index (χ2n) is 9.15. The molecule has 198 valence electrons. The number of rotatable bonds is 14. The van der Waals surface area contributed by atoms with Gasteiger partial charge in [0.2, 0.25) is 0 Å². The molecule has 3 aliphatic rings. The molecule has 0 aromatic carbocycles. The number of nitrogens with one attached hydrogen (secondary N) is 2. The number of hydrogen-bond acceptors (Lipinski definition) is 8. The third-order valence-corrected chi connectivity index (χ3v) is 8.32. The van der Waals surface area contributed by atoms with Crippen molar-refractivity contribution >= 4 is 39.7 Å². The molecule has 0 atom stereocenters. The van der Waals surface area contributed by atoms with Gasteiger partial charge in [-0.05, 0) is 18.6 Å². The number of nitrogens with zero attached hydrogens (tertiary/aromatic N) is 3. The van der Waals surface area contributed by atoms with Crippen LogP contribution in [0.2, 0.25) is 0 Å². The molecule has 10 nitrogen and oxygen atoms in total. The van der Waals surface area contributed by atoms with Crippen LogP contribution in [0.1, 0.15) is 81.6 Å². The summed E-state index contributed by atoms with van der Waals surface area (Å²) < 4.78 is 27.9. The van der Waals surface area contributed by atoms with E-state index in [1.54, 1.807) is 0 Å². The average Bonchev–Trinajstić information content (AvgIpc) is 3.51. The van der Waals surface area contributed by atoms with E-state index in [-0.39, 0.29) is 37.3 Å². The number of carbonyl (C=O) groups is 1. The molecule has 0 spiro atoms. The zero-order valence-corrected chi connectivity index (χ0v) is 22.4. The molecule has 1 aromatic rings. The lowest BCUT2D eigenvalue weighted by atomic mass is 10.1. The Morgan fingerprint density at radius 3 is 2.41 bits per heavy atom. The molecule has 1 amide bonds. The van der Waals surface area contributed by atoms with E-state index in [4.69, 9.17) is 0 Å². The number of unbranched alkanes of at least 4 members (excludes halogenated alkanes) is 9. The first kappa shape index (κ1) is 27.1. The fourth-order valence-electron chi connectivity index (χ4n) is 4.31. The summed E-state index contributed by atoms with van der Waals surface area (Å²) in [4.78, 5) is 41.6. The molecule has 3 heterocycles. The van der Waals surface area contributed by atoms with Crippen molar-refractivity contribution < 1.29 is 13.2 Å². The zero-order valence-electron chi connectivity index (χ0n) is 20.8. The molecule has 1 aromatic heterocycles. The van der Waals surface area contributed by atoms with Crippen molar-refractivity contribution in [1.82, 2.24) is 20.1 Å². The molecule has 37 heavy (non-hydrogen) atoms. The van der Waals surface area contributed by atoms with E-state index in [9.17, 15) is 22.8 Å². The summed E-state index contributed by atoms with van der Waals surface area (Å²) in [6, 6.07) is 2.70. The topological polar surface area (TPSA) is 140 Å². The molecule has 12 heteroatoms. The predicted octanol–water partition coefficient (Wildman–Crippen LogP) is 3.58. The molecule has 1 aliphatic carbocycles. The molecule has 0 radical (unpaired) electrons. The highest BCUT2D eigenvalue weighted by Crippen LogP contribution is 2.37. The average molecular weight is 546 g/mol. The Balaban J connectivity index is 1.41. The van der Waals surface area contributed by atoms with Gasteiger partial charge in [0.15, 0.2) is 16.9 Å². The Morgan fingerprint density at radius 1 is 1.03 bits per heavy atom. The van der Waals surface area contributed by atoms with E-state index in [0.29, 0.717) is 6.54 Å². The first-order chi connectivity index (χ1) is 17.8. The van der Waals surface area contributed by atoms with Crippen molar-refractivity contribution in [1.29, 1.82) is 0 Å². The van der Waals surface area contributed by atoms with Gasteiger partial charge in [0, 0.05) is 12.7 Å². The van der Waals surface area contributed by atoms with Gasteiger partial charge in [-0.3, -0.25) is 19.1 Å². The molecule has 0 saturated heterocycles. The SMILES string of the molecule is CCCCCCCCCCCCNC(=O)c1nn2c(c1Sc1nc(=O)c3ccc(=O)c1=3)NS(=O)(=O)C=C2. The van der Waals surface area contributed by atoms with E-state index < -0.39 is 21.5 Å². The molecule has 2 N–H and O–H groups in total. The molecule has 0 bridgehead atoms. The van der Waals surface area contributed by atoms with Crippen LogP contribution in [-0.2, 0) is 10.0 Å². The number of fused-ring (bicyclic) bond motifs is 1. The Bertz CT molecular complexity index is 1530. The summed E-state index contributed by atoms with van der Waals surface area (Å²) >= 11 is 0.877. The van der Waals surface area contributed by atoms with Gasteiger partial charge in [0.05, 0.1) is 20.7 Å². The van der Waals surface area contributed by atoms with Crippen molar-refractivity contribution in [2.45, 2.75) is 81.1 Å². The lowest BCUT2D eigenvalue weighted by molar-refractivity contribution is 0.0944. The molecule has 0 saturated carbocycles. The fourth-order valence-corrected chi connectivity index (χ4v) is 6.29. The lowest BCUT2D eigenvalue weighted by Crippen LogP contribution is -2.25. The van der Waals surface area contributed by atoms with Gasteiger partial charge in [-0.15, -0.1) is 0 Å². The van der Waals surface area contributed by atoms with Crippen LogP contribution in [0, 0.1) is 10.4 Å². The molecule has 0 fully saturated rings. The maximum absolute atomic E-state index is 13.0. The second-order valence-corrected chi connectivity index (χ2v) is 11.7. The smallest absolute Gasteiger partial charge is 0.278 e. The number of sulfonamides is 1. The van der Waals surface area contributed by atoms with Gasteiger partial charge >= 0.3 is 0 Å². The van der Waals surface area contributed by atoms with Crippen LogP contribution < -0.4 is 21.0 Å². The van der Waals surface area contributed by atoms with E-state index in [0.717, 1.165) is 36.4 Å². The number of aromatic nitrogens is 3. The number of amides is 1. The van der Waals surface area contributed by atoms with Crippen LogP contribution in [0.15, 0.2) is 37.1 Å². The van der Waals surface area contributed by atoms with Crippen molar-refractivity contribution in [2.75, 3.05) is 11.3 Å². The predicted molar refractivity (Wildman–Crippen MR) is 143 cm³/mol. The van der Waals surface area contributed by atoms with Crippen molar-refractivity contribution in [3.8, 4) is 0 Å². The Hall–Kier alpha value is -2.99. The monoisotopic (exact) mass is 545 g/mol. The van der Waals surface area contributed by atoms with Crippen molar-refractivity contribution in [2.24, 2.45) is 0 Å². The summed E-state index contributed by atoms with van der Waals surface area (Å²) in [5, 5.41) is 8.52. The van der Waals surface area contributed by atoms with Gasteiger partial charge in [-0.2, -0.15) is 5.10 Å². The van der Waals surface area contributed by atoms with Crippen molar-refractivity contribution in [3.63, 3.8) is 0 Å². The van der Waals surface area contributed by atoms with Crippen LogP contribution in [0.5, 0.6) is 0 Å². The lowest BCUT2D eigenvalue weighted by Gasteiger charge is -2.11. The summed E-state index contributed by atoms with van der Waals surface area (Å²) in [6.07, 6.45) is 13.1. The largest absolute Gasteiger partial charge is 0.351 e. The van der Waals surface area contributed by atoms with Gasteiger partial charge in [0.25, 0.3) is 21.5 Å². The van der Waals surface area contributed by atoms with Gasteiger partial charge < -0.3 is 5.32 Å². The van der Waals surface area contributed by atoms with Crippen LogP contribution in [0.25, 0.3) is 6.20 Å². The van der Waals surface area contributed by atoms with Gasteiger partial charge in [0.1, 0.15) is 5.03 Å². The van der Waals surface area contributed by atoms with Crippen LogP contribution in [0.3, 0.4) is 0 Å². The quantitative estimate of drug-likeness (QED) is 0.293. The molecular formula is C25H31N5O5S2. The molecular weight excluding hydrogens is 514 g/mol. The summed E-state index contributed by atoms with van der Waals surface area (Å²) in [5.74, 6) is -0.415. The minimum Gasteiger partial charge on any atom is -0.351 e. The Kier molecular flexibility index (Phi) is 8.80. The number of anilines is 1. The van der Waals surface area contributed by atoms with E-state index in [1.165, 1.54) is 68.0 Å². The fraction of sp³-hybridized carbons (Fsp3) is 0.480. The minimum atomic E-state index is -3.78.